The molecule has 1 amide bonds. The zero-order valence-corrected chi connectivity index (χ0v) is 10.1. The van der Waals surface area contributed by atoms with Gasteiger partial charge in [-0.2, -0.15) is 0 Å². The van der Waals surface area contributed by atoms with Crippen molar-refractivity contribution in [3.63, 3.8) is 0 Å². The lowest BCUT2D eigenvalue weighted by Gasteiger charge is -2.10. The van der Waals surface area contributed by atoms with Crippen LogP contribution in [-0.4, -0.2) is 16.2 Å². The van der Waals surface area contributed by atoms with Crippen LogP contribution in [0.15, 0.2) is 30.3 Å². The van der Waals surface area contributed by atoms with E-state index in [9.17, 15) is 4.79 Å². The molecular weight excluding hydrogens is 256 g/mol. The largest absolute Gasteiger partial charge is 0.352 e. The Labute approximate surface area is 104 Å². The smallest absolute Gasteiger partial charge is 0.272 e. The molecule has 0 fully saturated rings. The van der Waals surface area contributed by atoms with Crippen molar-refractivity contribution in [1.29, 1.82) is 0 Å². The van der Waals surface area contributed by atoms with Gasteiger partial charge in [0.2, 0.25) is 0 Å². The summed E-state index contributed by atoms with van der Waals surface area (Å²) in [6.45, 7) is 0.455. The Hall–Kier alpha value is -0.440. The molecule has 0 spiro atoms. The van der Waals surface area contributed by atoms with Crippen LogP contribution in [0.2, 0.25) is 0 Å². The van der Waals surface area contributed by atoms with E-state index in [0.29, 0.717) is 13.0 Å². The first-order valence-electron chi connectivity index (χ1n) is 4.39. The number of benzene rings is 1. The first-order valence-corrected chi connectivity index (χ1v) is 5.52. The van der Waals surface area contributed by atoms with Crippen LogP contribution in [0.4, 0.5) is 0 Å². The quantitative estimate of drug-likeness (QED) is 0.838. The van der Waals surface area contributed by atoms with Crippen LogP contribution in [0.3, 0.4) is 0 Å². The number of rotatable bonds is 3. The van der Waals surface area contributed by atoms with Gasteiger partial charge in [0, 0.05) is 6.54 Å². The van der Waals surface area contributed by atoms with Crippen molar-refractivity contribution in [3.8, 4) is 0 Å². The molecule has 0 atom stereocenters. The van der Waals surface area contributed by atoms with Gasteiger partial charge in [-0.1, -0.05) is 65.1 Å². The van der Waals surface area contributed by atoms with Gasteiger partial charge in [0.25, 0.3) is 9.70 Å². The fourth-order valence-electron chi connectivity index (χ4n) is 1.07. The van der Waals surface area contributed by atoms with E-state index in [1.54, 1.807) is 0 Å². The average molecular weight is 267 g/mol. The lowest BCUT2D eigenvalue weighted by molar-refractivity contribution is -0.120. The summed E-state index contributed by atoms with van der Waals surface area (Å²) in [7, 11) is 0. The highest BCUT2D eigenvalue weighted by molar-refractivity contribution is 6.76. The summed E-state index contributed by atoms with van der Waals surface area (Å²) >= 11 is 16.2. The standard InChI is InChI=1S/C10H10Cl3NO/c11-10(12,13)9(15)14-7-6-8-4-2-1-3-5-8/h1-5H,6-7H2,(H,14,15). The SMILES string of the molecule is O=C(NCCc1ccccc1)C(Cl)(Cl)Cl. The van der Waals surface area contributed by atoms with Crippen LogP contribution < -0.4 is 5.32 Å². The van der Waals surface area contributed by atoms with Gasteiger partial charge in [0.1, 0.15) is 0 Å². The molecule has 1 aromatic rings. The summed E-state index contributed by atoms with van der Waals surface area (Å²) in [6, 6.07) is 9.75. The Bertz CT molecular complexity index is 321. The summed E-state index contributed by atoms with van der Waals surface area (Å²) in [4.78, 5) is 11.1. The molecule has 0 aliphatic heterocycles. The van der Waals surface area contributed by atoms with Gasteiger partial charge in [-0.25, -0.2) is 0 Å². The monoisotopic (exact) mass is 265 g/mol. The van der Waals surface area contributed by atoms with Gasteiger partial charge in [-0.3, -0.25) is 4.79 Å². The number of halogens is 3. The number of amides is 1. The van der Waals surface area contributed by atoms with Crippen molar-refractivity contribution in [2.45, 2.75) is 10.2 Å². The topological polar surface area (TPSA) is 29.1 Å². The van der Waals surface area contributed by atoms with Gasteiger partial charge in [0.15, 0.2) is 0 Å². The Balaban J connectivity index is 2.32. The molecule has 0 heterocycles. The number of nitrogens with one attached hydrogen (secondary N) is 1. The predicted molar refractivity (Wildman–Crippen MR) is 63.4 cm³/mol. The van der Waals surface area contributed by atoms with E-state index in [4.69, 9.17) is 34.8 Å². The van der Waals surface area contributed by atoms with Crippen LogP contribution in [0.5, 0.6) is 0 Å². The van der Waals surface area contributed by atoms with Gasteiger partial charge in [0.05, 0.1) is 0 Å². The summed E-state index contributed by atoms with van der Waals surface area (Å²) in [5, 5.41) is 2.54. The molecule has 15 heavy (non-hydrogen) atoms. The highest BCUT2D eigenvalue weighted by Gasteiger charge is 2.29. The maximum Gasteiger partial charge on any atom is 0.272 e. The lowest BCUT2D eigenvalue weighted by Crippen LogP contribution is -2.35. The van der Waals surface area contributed by atoms with E-state index in [2.05, 4.69) is 5.32 Å². The molecule has 0 bridgehead atoms. The van der Waals surface area contributed by atoms with Gasteiger partial charge >= 0.3 is 0 Å². The molecule has 0 unspecified atom stereocenters. The molecule has 1 aromatic carbocycles. The minimum absolute atomic E-state index is 0.455. The Morgan fingerprint density at radius 2 is 1.80 bits per heavy atom. The van der Waals surface area contributed by atoms with E-state index in [1.807, 2.05) is 30.3 Å². The molecule has 0 saturated carbocycles. The maximum atomic E-state index is 11.1. The van der Waals surface area contributed by atoms with Crippen molar-refractivity contribution in [2.75, 3.05) is 6.54 Å². The van der Waals surface area contributed by atoms with Crippen molar-refractivity contribution in [1.82, 2.24) is 5.32 Å². The summed E-state index contributed by atoms with van der Waals surface area (Å²) in [5.41, 5.74) is 1.13. The predicted octanol–water partition coefficient (Wildman–Crippen LogP) is 2.72. The summed E-state index contributed by atoms with van der Waals surface area (Å²) in [6.07, 6.45) is 0.716. The number of alkyl halides is 3. The van der Waals surface area contributed by atoms with E-state index in [1.165, 1.54) is 0 Å². The fraction of sp³-hybridized carbons (Fsp3) is 0.300. The zero-order chi connectivity index (χ0) is 11.3. The number of hydrogen-bond acceptors (Lipinski definition) is 1. The van der Waals surface area contributed by atoms with Crippen molar-refractivity contribution in [3.05, 3.63) is 35.9 Å². The zero-order valence-electron chi connectivity index (χ0n) is 7.84. The van der Waals surface area contributed by atoms with Crippen LogP contribution in [0.1, 0.15) is 5.56 Å². The second-order valence-electron chi connectivity index (χ2n) is 2.99. The average Bonchev–Trinajstić information content (AvgIpc) is 2.18. The van der Waals surface area contributed by atoms with Crippen LogP contribution >= 0.6 is 34.8 Å². The third kappa shape index (κ3) is 4.74. The van der Waals surface area contributed by atoms with Crippen LogP contribution in [-0.2, 0) is 11.2 Å². The van der Waals surface area contributed by atoms with Gasteiger partial charge in [-0.05, 0) is 12.0 Å². The number of carbonyl (C=O) groups excluding carboxylic acids is 1. The fourth-order valence-corrected chi connectivity index (χ4v) is 1.27. The first-order chi connectivity index (χ1) is 7.00. The van der Waals surface area contributed by atoms with E-state index in [-0.39, 0.29) is 0 Å². The molecular formula is C10H10Cl3NO. The minimum Gasteiger partial charge on any atom is -0.352 e. The Morgan fingerprint density at radius 3 is 2.33 bits per heavy atom. The highest BCUT2D eigenvalue weighted by Crippen LogP contribution is 2.25. The minimum atomic E-state index is -1.88. The Morgan fingerprint density at radius 1 is 1.20 bits per heavy atom. The number of hydrogen-bond donors (Lipinski definition) is 1. The van der Waals surface area contributed by atoms with Crippen LogP contribution in [0, 0.1) is 0 Å². The summed E-state index contributed by atoms with van der Waals surface area (Å²) in [5.74, 6) is -0.594. The molecule has 0 aliphatic rings. The second-order valence-corrected chi connectivity index (χ2v) is 5.27. The Kier molecular flexibility index (Phi) is 4.71. The van der Waals surface area contributed by atoms with E-state index < -0.39 is 9.70 Å². The molecule has 2 nitrogen and oxygen atoms in total. The maximum absolute atomic E-state index is 11.1. The third-order valence-electron chi connectivity index (χ3n) is 1.80. The molecule has 0 aliphatic carbocycles. The molecule has 82 valence electrons. The normalized spacial score (nSPS) is 11.1. The van der Waals surface area contributed by atoms with Crippen molar-refractivity contribution >= 4 is 40.7 Å². The molecule has 0 aromatic heterocycles. The van der Waals surface area contributed by atoms with E-state index >= 15 is 0 Å². The van der Waals surface area contributed by atoms with Crippen molar-refractivity contribution in [2.24, 2.45) is 0 Å². The van der Waals surface area contributed by atoms with E-state index in [0.717, 1.165) is 5.56 Å². The van der Waals surface area contributed by atoms with Crippen LogP contribution in [0.25, 0.3) is 0 Å². The number of carbonyl (C=O) groups is 1. The molecule has 0 saturated heterocycles. The summed E-state index contributed by atoms with van der Waals surface area (Å²) < 4.78 is -1.88. The lowest BCUT2D eigenvalue weighted by atomic mass is 10.1. The molecule has 1 N–H and O–H groups in total. The first kappa shape index (κ1) is 12.6. The second kappa shape index (κ2) is 5.59. The molecule has 5 heteroatoms. The van der Waals surface area contributed by atoms with Gasteiger partial charge in [-0.15, -0.1) is 0 Å². The van der Waals surface area contributed by atoms with Gasteiger partial charge < -0.3 is 5.32 Å². The third-order valence-corrected chi connectivity index (χ3v) is 2.31. The molecule has 0 radical (unpaired) electrons. The van der Waals surface area contributed by atoms with Crippen molar-refractivity contribution < 1.29 is 4.79 Å². The molecule has 1 rings (SSSR count). The highest BCUT2D eigenvalue weighted by atomic mass is 35.6.